The summed E-state index contributed by atoms with van der Waals surface area (Å²) in [4.78, 5) is 0. The summed E-state index contributed by atoms with van der Waals surface area (Å²) in [5.41, 5.74) is 0. The first-order valence-electron chi connectivity index (χ1n) is 7.20. The van der Waals surface area contributed by atoms with E-state index >= 15 is 0 Å². The van der Waals surface area contributed by atoms with Gasteiger partial charge in [-0.3, -0.25) is 9.13 Å². The third-order valence-electron chi connectivity index (χ3n) is 2.49. The van der Waals surface area contributed by atoms with Crippen molar-refractivity contribution in [2.45, 2.75) is 27.7 Å². The van der Waals surface area contributed by atoms with Crippen LogP contribution in [0.3, 0.4) is 0 Å². The zero-order chi connectivity index (χ0) is 16.4. The minimum Gasteiger partial charge on any atom is -0.309 e. The smallest absolute Gasteiger partial charge is 0.309 e. The lowest BCUT2D eigenvalue weighted by Crippen LogP contribution is -2.18. The topological polar surface area (TPSA) is 71.1 Å². The van der Waals surface area contributed by atoms with Gasteiger partial charge >= 0.3 is 15.2 Å². The molecule has 0 aromatic heterocycles. The lowest BCUT2D eigenvalue weighted by molar-refractivity contribution is 0.211. The first-order valence-corrected chi connectivity index (χ1v) is 11.8. The van der Waals surface area contributed by atoms with Gasteiger partial charge in [-0.2, -0.15) is 0 Å². The number of halogens is 1. The van der Waals surface area contributed by atoms with Crippen molar-refractivity contribution in [1.29, 1.82) is 0 Å². The van der Waals surface area contributed by atoms with E-state index in [1.165, 1.54) is 0 Å². The zero-order valence-corrected chi connectivity index (χ0v) is 16.6. The Morgan fingerprint density at radius 1 is 0.762 bits per heavy atom. The summed E-state index contributed by atoms with van der Waals surface area (Å²) >= 11 is 3.36. The molecule has 0 N–H and O–H groups in total. The minimum atomic E-state index is -3.18. The van der Waals surface area contributed by atoms with Gasteiger partial charge < -0.3 is 18.1 Å². The van der Waals surface area contributed by atoms with Crippen molar-refractivity contribution < 1.29 is 27.2 Å². The predicted molar refractivity (Wildman–Crippen MR) is 88.7 cm³/mol. The van der Waals surface area contributed by atoms with Crippen LogP contribution in [0.1, 0.15) is 27.7 Å². The Labute approximate surface area is 136 Å². The van der Waals surface area contributed by atoms with Crippen molar-refractivity contribution in [3.63, 3.8) is 0 Å². The van der Waals surface area contributed by atoms with Crippen LogP contribution in [0.5, 0.6) is 0 Å². The molecule has 0 heterocycles. The molecule has 0 saturated heterocycles. The Balaban J connectivity index is 4.89. The number of alkyl halides is 1. The molecule has 0 unspecified atom stereocenters. The molecular formula is C12H27BrO6P2. The van der Waals surface area contributed by atoms with Gasteiger partial charge in [0.05, 0.1) is 38.8 Å². The summed E-state index contributed by atoms with van der Waals surface area (Å²) in [5, 5.41) is 0.515. The van der Waals surface area contributed by atoms with Crippen molar-refractivity contribution >= 4 is 31.1 Å². The highest BCUT2D eigenvalue weighted by Gasteiger charge is 2.34. The molecule has 0 aliphatic carbocycles. The Morgan fingerprint density at radius 3 is 1.24 bits per heavy atom. The quantitative estimate of drug-likeness (QED) is 0.329. The molecule has 0 aromatic rings. The van der Waals surface area contributed by atoms with Gasteiger partial charge in [0.15, 0.2) is 0 Å². The van der Waals surface area contributed by atoms with E-state index in [9.17, 15) is 9.13 Å². The second-order valence-corrected chi connectivity index (χ2v) is 9.13. The van der Waals surface area contributed by atoms with E-state index in [1.54, 1.807) is 27.7 Å². The Bertz CT molecular complexity index is 314. The van der Waals surface area contributed by atoms with Crippen LogP contribution in [-0.2, 0) is 27.2 Å². The first kappa shape index (κ1) is 21.8. The van der Waals surface area contributed by atoms with Crippen LogP contribution in [0, 0.1) is 5.92 Å². The average Bonchev–Trinajstić information content (AvgIpc) is 2.38. The molecular weight excluding hydrogens is 382 g/mol. The fourth-order valence-electron chi connectivity index (χ4n) is 1.86. The summed E-state index contributed by atoms with van der Waals surface area (Å²) in [5.74, 6) is -0.183. The average molecular weight is 409 g/mol. The highest BCUT2D eigenvalue weighted by atomic mass is 79.9. The van der Waals surface area contributed by atoms with E-state index in [1.807, 2.05) is 0 Å². The lowest BCUT2D eigenvalue weighted by Gasteiger charge is -2.25. The SMILES string of the molecule is CCOP(=O)(CC(CBr)CP(=O)(OCC)OCC)OCC. The summed E-state index contributed by atoms with van der Waals surface area (Å²) < 4.78 is 46.2. The van der Waals surface area contributed by atoms with E-state index in [2.05, 4.69) is 15.9 Å². The van der Waals surface area contributed by atoms with E-state index in [-0.39, 0.29) is 18.2 Å². The second-order valence-electron chi connectivity index (χ2n) is 4.28. The predicted octanol–water partition coefficient (Wildman–Crippen LogP) is 4.53. The van der Waals surface area contributed by atoms with Crippen molar-refractivity contribution in [3.8, 4) is 0 Å². The molecule has 9 heteroatoms. The van der Waals surface area contributed by atoms with E-state index in [0.717, 1.165) is 0 Å². The monoisotopic (exact) mass is 408 g/mol. The molecule has 0 fully saturated rings. The van der Waals surface area contributed by atoms with Crippen molar-refractivity contribution in [3.05, 3.63) is 0 Å². The van der Waals surface area contributed by atoms with Gasteiger partial charge in [-0.25, -0.2) is 0 Å². The molecule has 0 aromatic carbocycles. The van der Waals surface area contributed by atoms with E-state index < -0.39 is 15.2 Å². The molecule has 21 heavy (non-hydrogen) atoms. The maximum Gasteiger partial charge on any atom is 0.330 e. The lowest BCUT2D eigenvalue weighted by atomic mass is 10.3. The fraction of sp³-hybridized carbons (Fsp3) is 1.00. The summed E-state index contributed by atoms with van der Waals surface area (Å²) in [7, 11) is -6.36. The molecule has 0 rings (SSSR count). The molecule has 0 amide bonds. The van der Waals surface area contributed by atoms with Crippen LogP contribution < -0.4 is 0 Å². The fourth-order valence-corrected chi connectivity index (χ4v) is 7.15. The van der Waals surface area contributed by atoms with Gasteiger partial charge in [0, 0.05) is 5.33 Å². The standard InChI is InChI=1S/C12H27BrO6P2/c1-5-16-20(14,17-6-2)10-12(9-13)11-21(15,18-7-3)19-8-4/h12H,5-11H2,1-4H3. The first-order chi connectivity index (χ1) is 9.88. The Kier molecular flexibility index (Phi) is 11.8. The summed E-state index contributed by atoms with van der Waals surface area (Å²) in [6.07, 6.45) is 0.369. The van der Waals surface area contributed by atoms with E-state index in [4.69, 9.17) is 18.1 Å². The molecule has 0 spiro atoms. The highest BCUT2D eigenvalue weighted by Crippen LogP contribution is 2.55. The summed E-state index contributed by atoms with van der Waals surface area (Å²) in [6, 6.07) is 0. The largest absolute Gasteiger partial charge is 0.330 e. The molecule has 128 valence electrons. The van der Waals surface area contributed by atoms with Gasteiger partial charge in [0.2, 0.25) is 0 Å². The third kappa shape index (κ3) is 8.85. The van der Waals surface area contributed by atoms with Gasteiger partial charge in [-0.05, 0) is 33.6 Å². The Hall–Kier alpha value is 0.780. The number of hydrogen-bond acceptors (Lipinski definition) is 6. The van der Waals surface area contributed by atoms with Gasteiger partial charge in [-0.1, -0.05) is 15.9 Å². The molecule has 0 atom stereocenters. The van der Waals surface area contributed by atoms with Crippen molar-refractivity contribution in [2.75, 3.05) is 44.1 Å². The van der Waals surface area contributed by atoms with Crippen LogP contribution in [0.2, 0.25) is 0 Å². The highest BCUT2D eigenvalue weighted by molar-refractivity contribution is 9.09. The minimum absolute atomic E-state index is 0.183. The van der Waals surface area contributed by atoms with Crippen molar-refractivity contribution in [1.82, 2.24) is 0 Å². The van der Waals surface area contributed by atoms with Gasteiger partial charge in [-0.15, -0.1) is 0 Å². The Morgan fingerprint density at radius 2 is 1.05 bits per heavy atom. The maximum absolute atomic E-state index is 12.5. The van der Waals surface area contributed by atoms with Gasteiger partial charge in [0.25, 0.3) is 0 Å². The van der Waals surface area contributed by atoms with Gasteiger partial charge in [0.1, 0.15) is 0 Å². The third-order valence-corrected chi connectivity index (χ3v) is 7.93. The van der Waals surface area contributed by atoms with Crippen molar-refractivity contribution in [2.24, 2.45) is 5.92 Å². The normalized spacial score (nSPS) is 13.0. The molecule has 0 radical (unpaired) electrons. The van der Waals surface area contributed by atoms with Crippen LogP contribution in [0.4, 0.5) is 0 Å². The number of hydrogen-bond donors (Lipinski definition) is 0. The zero-order valence-electron chi connectivity index (χ0n) is 13.2. The van der Waals surface area contributed by atoms with Crippen LogP contribution in [0.25, 0.3) is 0 Å². The van der Waals surface area contributed by atoms with E-state index in [0.29, 0.717) is 31.8 Å². The second kappa shape index (κ2) is 11.3. The number of rotatable bonds is 13. The van der Waals surface area contributed by atoms with Crippen LogP contribution in [-0.4, -0.2) is 44.1 Å². The molecule has 0 bridgehead atoms. The molecule has 0 saturated carbocycles. The molecule has 0 aliphatic rings. The summed E-state index contributed by atoms with van der Waals surface area (Å²) in [6.45, 7) is 8.28. The maximum atomic E-state index is 12.5. The van der Waals surface area contributed by atoms with Crippen LogP contribution in [0.15, 0.2) is 0 Å². The molecule has 6 nitrogen and oxygen atoms in total. The molecule has 0 aliphatic heterocycles. The van der Waals surface area contributed by atoms with Crippen LogP contribution >= 0.6 is 31.1 Å².